The van der Waals surface area contributed by atoms with E-state index in [1.807, 2.05) is 36.4 Å². The van der Waals surface area contributed by atoms with Crippen molar-refractivity contribution in [3.8, 4) is 17.2 Å². The summed E-state index contributed by atoms with van der Waals surface area (Å²) in [6.45, 7) is 5.19. The van der Waals surface area contributed by atoms with Crippen molar-refractivity contribution in [2.75, 3.05) is 32.7 Å². The highest BCUT2D eigenvalue weighted by molar-refractivity contribution is 5.41. The molecule has 0 radical (unpaired) electrons. The number of rotatable bonds is 5. The second-order valence-corrected chi connectivity index (χ2v) is 5.55. The van der Waals surface area contributed by atoms with Crippen molar-refractivity contribution in [2.24, 2.45) is 0 Å². The minimum atomic E-state index is 0.343. The van der Waals surface area contributed by atoms with Crippen LogP contribution in [0.5, 0.6) is 17.2 Å². The molecule has 22 heavy (non-hydrogen) atoms. The Labute approximate surface area is 131 Å². The van der Waals surface area contributed by atoms with Crippen LogP contribution in [0.25, 0.3) is 0 Å². The molecule has 0 saturated carbocycles. The molecule has 0 spiro atoms. The summed E-state index contributed by atoms with van der Waals surface area (Å²) in [7, 11) is 0. The summed E-state index contributed by atoms with van der Waals surface area (Å²) in [5.41, 5.74) is 0.937. The van der Waals surface area contributed by atoms with Gasteiger partial charge in [-0.15, -0.1) is 0 Å². The average Bonchev–Trinajstić information content (AvgIpc) is 2.57. The molecule has 0 unspecified atom stereocenters. The normalized spacial score (nSPS) is 15.6. The van der Waals surface area contributed by atoms with Gasteiger partial charge in [0.15, 0.2) is 0 Å². The third-order valence-corrected chi connectivity index (χ3v) is 3.94. The van der Waals surface area contributed by atoms with Crippen molar-refractivity contribution in [1.82, 2.24) is 10.2 Å². The lowest BCUT2D eigenvalue weighted by Gasteiger charge is -2.27. The van der Waals surface area contributed by atoms with E-state index in [-0.39, 0.29) is 0 Å². The number of piperazine rings is 1. The summed E-state index contributed by atoms with van der Waals surface area (Å²) in [4.78, 5) is 2.42. The quantitative estimate of drug-likeness (QED) is 0.891. The summed E-state index contributed by atoms with van der Waals surface area (Å²) in [5, 5.41) is 13.4. The molecule has 1 aliphatic rings. The minimum absolute atomic E-state index is 0.343. The largest absolute Gasteiger partial charge is 0.508 e. The lowest BCUT2D eigenvalue weighted by Crippen LogP contribution is -2.44. The zero-order valence-corrected chi connectivity index (χ0v) is 12.7. The number of para-hydroxylation sites is 1. The maximum Gasteiger partial charge on any atom is 0.127 e. The van der Waals surface area contributed by atoms with Crippen LogP contribution >= 0.6 is 0 Å². The van der Waals surface area contributed by atoms with Crippen LogP contribution in [0.3, 0.4) is 0 Å². The predicted molar refractivity (Wildman–Crippen MR) is 87.6 cm³/mol. The fraction of sp³-hybridized carbons (Fsp3) is 0.333. The summed E-state index contributed by atoms with van der Waals surface area (Å²) in [6, 6.07) is 15.2. The van der Waals surface area contributed by atoms with Gasteiger partial charge in [0, 0.05) is 32.7 Å². The molecule has 2 aromatic carbocycles. The van der Waals surface area contributed by atoms with Gasteiger partial charge in [0.2, 0.25) is 0 Å². The highest BCUT2D eigenvalue weighted by atomic mass is 16.5. The molecule has 1 aliphatic heterocycles. The summed E-state index contributed by atoms with van der Waals surface area (Å²) in [5.74, 6) is 1.91. The number of benzene rings is 2. The molecule has 0 aliphatic carbocycles. The first-order valence-electron chi connectivity index (χ1n) is 7.79. The fourth-order valence-electron chi connectivity index (χ4n) is 2.66. The molecule has 0 amide bonds. The average molecular weight is 298 g/mol. The molecular formula is C18H22N2O2. The predicted octanol–water partition coefficient (Wildman–Crippen LogP) is 2.63. The standard InChI is InChI=1S/C18H22N2O2/c21-18-7-6-17(22-16-4-2-1-3-5-16)14-15(18)8-11-20-12-9-19-10-13-20/h1-7,14,19,21H,8-13H2. The van der Waals surface area contributed by atoms with Gasteiger partial charge < -0.3 is 20.1 Å². The van der Waals surface area contributed by atoms with Crippen LogP contribution in [0.1, 0.15) is 5.56 Å². The van der Waals surface area contributed by atoms with Gasteiger partial charge in [-0.05, 0) is 42.3 Å². The highest BCUT2D eigenvalue weighted by Crippen LogP contribution is 2.27. The Bertz CT molecular complexity index is 595. The highest BCUT2D eigenvalue weighted by Gasteiger charge is 2.11. The van der Waals surface area contributed by atoms with Crippen molar-refractivity contribution >= 4 is 0 Å². The number of aromatic hydroxyl groups is 1. The molecular weight excluding hydrogens is 276 g/mol. The molecule has 2 aromatic rings. The molecule has 4 heteroatoms. The van der Waals surface area contributed by atoms with E-state index in [1.165, 1.54) is 0 Å². The van der Waals surface area contributed by atoms with Crippen molar-refractivity contribution in [3.63, 3.8) is 0 Å². The maximum absolute atomic E-state index is 10.0. The molecule has 1 fully saturated rings. The zero-order valence-electron chi connectivity index (χ0n) is 12.7. The lowest BCUT2D eigenvalue weighted by molar-refractivity contribution is 0.243. The first-order valence-corrected chi connectivity index (χ1v) is 7.79. The first kappa shape index (κ1) is 14.9. The molecule has 1 saturated heterocycles. The molecule has 0 atom stereocenters. The van der Waals surface area contributed by atoms with E-state index < -0.39 is 0 Å². The van der Waals surface area contributed by atoms with Gasteiger partial charge in [0.1, 0.15) is 17.2 Å². The third-order valence-electron chi connectivity index (χ3n) is 3.94. The van der Waals surface area contributed by atoms with E-state index in [4.69, 9.17) is 4.74 Å². The van der Waals surface area contributed by atoms with Crippen molar-refractivity contribution in [2.45, 2.75) is 6.42 Å². The summed E-state index contributed by atoms with van der Waals surface area (Å²) < 4.78 is 5.83. The first-order chi connectivity index (χ1) is 10.8. The Hall–Kier alpha value is -2.04. The fourth-order valence-corrected chi connectivity index (χ4v) is 2.66. The molecule has 116 valence electrons. The molecule has 3 rings (SSSR count). The maximum atomic E-state index is 10.0. The van der Waals surface area contributed by atoms with Gasteiger partial charge in [0.05, 0.1) is 0 Å². The second kappa shape index (κ2) is 7.29. The minimum Gasteiger partial charge on any atom is -0.508 e. The van der Waals surface area contributed by atoms with E-state index in [2.05, 4.69) is 10.2 Å². The monoisotopic (exact) mass is 298 g/mol. The van der Waals surface area contributed by atoms with E-state index in [0.717, 1.165) is 56.2 Å². The Morgan fingerprint density at radius 1 is 1.00 bits per heavy atom. The number of hydrogen-bond acceptors (Lipinski definition) is 4. The van der Waals surface area contributed by atoms with Crippen LogP contribution in [-0.2, 0) is 6.42 Å². The van der Waals surface area contributed by atoms with Crippen LogP contribution in [-0.4, -0.2) is 42.7 Å². The Morgan fingerprint density at radius 3 is 2.55 bits per heavy atom. The van der Waals surface area contributed by atoms with Gasteiger partial charge in [-0.3, -0.25) is 0 Å². The number of ether oxygens (including phenoxy) is 1. The SMILES string of the molecule is Oc1ccc(Oc2ccccc2)cc1CCN1CCNCC1. The Morgan fingerprint density at radius 2 is 1.77 bits per heavy atom. The molecule has 4 nitrogen and oxygen atoms in total. The topological polar surface area (TPSA) is 44.7 Å². The molecule has 2 N–H and O–H groups in total. The molecule has 0 aromatic heterocycles. The Balaban J connectivity index is 1.64. The smallest absolute Gasteiger partial charge is 0.127 e. The number of phenolic OH excluding ortho intramolecular Hbond substituents is 1. The number of nitrogens with one attached hydrogen (secondary N) is 1. The van der Waals surface area contributed by atoms with Gasteiger partial charge in [-0.25, -0.2) is 0 Å². The number of nitrogens with zero attached hydrogens (tertiary/aromatic N) is 1. The van der Waals surface area contributed by atoms with E-state index in [9.17, 15) is 5.11 Å². The van der Waals surface area contributed by atoms with Crippen molar-refractivity contribution < 1.29 is 9.84 Å². The van der Waals surface area contributed by atoms with Gasteiger partial charge >= 0.3 is 0 Å². The van der Waals surface area contributed by atoms with E-state index >= 15 is 0 Å². The van der Waals surface area contributed by atoms with Crippen LogP contribution in [0.4, 0.5) is 0 Å². The summed E-state index contributed by atoms with van der Waals surface area (Å²) in [6.07, 6.45) is 0.831. The molecule has 1 heterocycles. The second-order valence-electron chi connectivity index (χ2n) is 5.55. The van der Waals surface area contributed by atoms with Gasteiger partial charge in [0.25, 0.3) is 0 Å². The number of phenols is 1. The Kier molecular flexibility index (Phi) is 4.93. The van der Waals surface area contributed by atoms with Crippen LogP contribution < -0.4 is 10.1 Å². The lowest BCUT2D eigenvalue weighted by atomic mass is 10.1. The van der Waals surface area contributed by atoms with Gasteiger partial charge in [-0.1, -0.05) is 18.2 Å². The summed E-state index contributed by atoms with van der Waals surface area (Å²) >= 11 is 0. The number of hydrogen-bond donors (Lipinski definition) is 2. The van der Waals surface area contributed by atoms with E-state index in [0.29, 0.717) is 5.75 Å². The van der Waals surface area contributed by atoms with E-state index in [1.54, 1.807) is 12.1 Å². The van der Waals surface area contributed by atoms with Crippen LogP contribution in [0, 0.1) is 0 Å². The van der Waals surface area contributed by atoms with Crippen molar-refractivity contribution in [1.29, 1.82) is 0 Å². The zero-order chi connectivity index (χ0) is 15.2. The van der Waals surface area contributed by atoms with Crippen LogP contribution in [0.15, 0.2) is 48.5 Å². The van der Waals surface area contributed by atoms with Gasteiger partial charge in [-0.2, -0.15) is 0 Å². The van der Waals surface area contributed by atoms with Crippen molar-refractivity contribution in [3.05, 3.63) is 54.1 Å². The van der Waals surface area contributed by atoms with Crippen LogP contribution in [0.2, 0.25) is 0 Å². The molecule has 0 bridgehead atoms. The third kappa shape index (κ3) is 4.00.